The van der Waals surface area contributed by atoms with Crippen LogP contribution in [0.2, 0.25) is 0 Å². The zero-order chi connectivity index (χ0) is 32.8. The van der Waals surface area contributed by atoms with Crippen LogP contribution >= 0.6 is 11.6 Å². The lowest BCUT2D eigenvalue weighted by molar-refractivity contribution is -0.163. The number of likely N-dealkylation sites (N-methyl/N-ethyl adjacent to an activating group) is 2. The molecule has 0 aromatic carbocycles. The first-order chi connectivity index (χ1) is 20.0. The third-order valence-electron chi connectivity index (χ3n) is 8.28. The van der Waals surface area contributed by atoms with E-state index in [0.29, 0.717) is 6.42 Å². The van der Waals surface area contributed by atoms with Gasteiger partial charge in [-0.2, -0.15) is 0 Å². The third-order valence-corrected chi connectivity index (χ3v) is 8.64. The van der Waals surface area contributed by atoms with Gasteiger partial charge in [-0.15, -0.1) is 11.6 Å². The quantitative estimate of drug-likeness (QED) is 0.285. The molecule has 2 aliphatic rings. The first-order valence-electron chi connectivity index (χ1n) is 14.9. The van der Waals surface area contributed by atoms with Crippen LogP contribution in [0.4, 0.5) is 0 Å². The number of aliphatic hydroxyl groups excluding tert-OH is 1. The lowest BCUT2D eigenvalue weighted by Gasteiger charge is -2.38. The van der Waals surface area contributed by atoms with Gasteiger partial charge in [0.15, 0.2) is 6.10 Å². The SMILES string of the molecule is CC(C)C1NC(=O)C2C(C)CCN2C(=O)C(CC(O)CCl)OC(=O)CCNC(=O)C(C)N(C)C(=O)C(C(C)C)N(C)C1=O. The van der Waals surface area contributed by atoms with Crippen LogP contribution in [0.25, 0.3) is 0 Å². The highest BCUT2D eigenvalue weighted by Gasteiger charge is 2.45. The Morgan fingerprint density at radius 2 is 1.56 bits per heavy atom. The van der Waals surface area contributed by atoms with E-state index < -0.39 is 71.9 Å². The fraction of sp³-hybridized carbons (Fsp3) is 0.793. The smallest absolute Gasteiger partial charge is 0.308 e. The molecular formula is C29H48ClN5O8. The summed E-state index contributed by atoms with van der Waals surface area (Å²) in [5.41, 5.74) is 0. The summed E-state index contributed by atoms with van der Waals surface area (Å²) in [6, 6.07) is -3.84. The molecule has 7 atom stereocenters. The number of nitrogens with one attached hydrogen (secondary N) is 2. The van der Waals surface area contributed by atoms with E-state index in [0.717, 1.165) is 0 Å². The zero-order valence-electron chi connectivity index (χ0n) is 26.5. The molecule has 14 heteroatoms. The standard InChI is InChI=1S/C29H48ClN5O8/c1-15(2)22-28(41)34(8)23(16(3)4)29(42)33(7)18(6)25(38)31-11-9-21(37)43-20(13-19(36)14-30)27(40)35-12-10-17(5)24(35)26(39)32-22/h15-20,22-24,36H,9-14H2,1-8H3,(H,31,38)(H,32,39). The number of amides is 5. The number of hydrogen-bond donors (Lipinski definition) is 3. The Labute approximate surface area is 259 Å². The van der Waals surface area contributed by atoms with Crippen LogP contribution < -0.4 is 10.6 Å². The predicted octanol–water partition coefficient (Wildman–Crippen LogP) is 0.116. The first kappa shape index (κ1) is 36.3. The average Bonchev–Trinajstić information content (AvgIpc) is 3.33. The molecule has 43 heavy (non-hydrogen) atoms. The summed E-state index contributed by atoms with van der Waals surface area (Å²) in [6.45, 7) is 10.5. The Morgan fingerprint density at radius 3 is 2.12 bits per heavy atom. The summed E-state index contributed by atoms with van der Waals surface area (Å²) >= 11 is 5.77. The van der Waals surface area contributed by atoms with Crippen molar-refractivity contribution in [2.75, 3.05) is 33.1 Å². The second-order valence-electron chi connectivity index (χ2n) is 12.3. The molecule has 0 radical (unpaired) electrons. The van der Waals surface area contributed by atoms with Gasteiger partial charge in [-0.3, -0.25) is 28.8 Å². The predicted molar refractivity (Wildman–Crippen MR) is 159 cm³/mol. The summed E-state index contributed by atoms with van der Waals surface area (Å²) in [7, 11) is 2.96. The molecule has 0 aliphatic carbocycles. The number of hydrogen-bond acceptors (Lipinski definition) is 8. The van der Waals surface area contributed by atoms with Crippen molar-refractivity contribution in [1.29, 1.82) is 0 Å². The van der Waals surface area contributed by atoms with Gasteiger partial charge < -0.3 is 35.2 Å². The summed E-state index contributed by atoms with van der Waals surface area (Å²) in [6.07, 6.45) is -2.64. The number of alkyl halides is 1. The molecule has 0 bridgehead atoms. The van der Waals surface area contributed by atoms with Crippen molar-refractivity contribution in [3.8, 4) is 0 Å². The highest BCUT2D eigenvalue weighted by Crippen LogP contribution is 2.27. The molecule has 0 saturated carbocycles. The van der Waals surface area contributed by atoms with E-state index in [2.05, 4.69) is 10.6 Å². The van der Waals surface area contributed by atoms with Crippen molar-refractivity contribution in [3.63, 3.8) is 0 Å². The zero-order valence-corrected chi connectivity index (χ0v) is 27.2. The lowest BCUT2D eigenvalue weighted by Crippen LogP contribution is -2.61. The molecule has 0 aromatic heterocycles. The van der Waals surface area contributed by atoms with Crippen LogP contribution in [-0.4, -0.2) is 125 Å². The van der Waals surface area contributed by atoms with Gasteiger partial charge in [-0.1, -0.05) is 34.6 Å². The van der Waals surface area contributed by atoms with Crippen LogP contribution in [0.3, 0.4) is 0 Å². The Morgan fingerprint density at radius 1 is 0.930 bits per heavy atom. The highest BCUT2D eigenvalue weighted by atomic mass is 35.5. The molecule has 2 rings (SSSR count). The summed E-state index contributed by atoms with van der Waals surface area (Å²) < 4.78 is 5.45. The van der Waals surface area contributed by atoms with E-state index in [-0.39, 0.29) is 49.6 Å². The maximum absolute atomic E-state index is 13.8. The number of halogens is 1. The van der Waals surface area contributed by atoms with Crippen molar-refractivity contribution >= 4 is 47.1 Å². The largest absolute Gasteiger partial charge is 0.452 e. The fourth-order valence-electron chi connectivity index (χ4n) is 5.52. The molecule has 2 heterocycles. The minimum atomic E-state index is -1.41. The fourth-order valence-corrected chi connectivity index (χ4v) is 5.65. The van der Waals surface area contributed by atoms with E-state index in [4.69, 9.17) is 16.3 Å². The number of fused-ring (bicyclic) bond motifs is 1. The molecule has 0 spiro atoms. The van der Waals surface area contributed by atoms with Gasteiger partial charge in [0.05, 0.1) is 12.5 Å². The number of rotatable bonds is 5. The second-order valence-corrected chi connectivity index (χ2v) is 12.6. The summed E-state index contributed by atoms with van der Waals surface area (Å²) in [5, 5.41) is 15.6. The Hall–Kier alpha value is -2.93. The molecule has 2 aliphatic heterocycles. The van der Waals surface area contributed by atoms with Gasteiger partial charge in [-0.25, -0.2) is 0 Å². The van der Waals surface area contributed by atoms with Crippen LogP contribution in [-0.2, 0) is 33.5 Å². The van der Waals surface area contributed by atoms with Gasteiger partial charge in [0.2, 0.25) is 23.6 Å². The molecule has 7 unspecified atom stereocenters. The maximum atomic E-state index is 13.8. The van der Waals surface area contributed by atoms with Crippen LogP contribution in [0.15, 0.2) is 0 Å². The Balaban J connectivity index is 2.56. The minimum Gasteiger partial charge on any atom is -0.452 e. The minimum absolute atomic E-state index is 0.128. The molecular weight excluding hydrogens is 582 g/mol. The molecule has 13 nitrogen and oxygen atoms in total. The normalized spacial score (nSPS) is 30.0. The number of nitrogens with zero attached hydrogens (tertiary/aromatic N) is 3. The number of esters is 1. The van der Waals surface area contributed by atoms with Crippen LogP contribution in [0.1, 0.15) is 60.8 Å². The summed E-state index contributed by atoms with van der Waals surface area (Å²) in [5.74, 6) is -4.64. The van der Waals surface area contributed by atoms with Crippen molar-refractivity contribution < 1.29 is 38.6 Å². The van der Waals surface area contributed by atoms with E-state index in [9.17, 15) is 33.9 Å². The first-order valence-corrected chi connectivity index (χ1v) is 15.4. The Kier molecular flexibility index (Phi) is 13.2. The highest BCUT2D eigenvalue weighted by molar-refractivity contribution is 6.18. The number of ether oxygens (including phenoxy) is 1. The third kappa shape index (κ3) is 8.81. The Bertz CT molecular complexity index is 1060. The number of carbonyl (C=O) groups is 6. The van der Waals surface area contributed by atoms with Crippen molar-refractivity contribution in [2.24, 2.45) is 17.8 Å². The topological polar surface area (TPSA) is 166 Å². The van der Waals surface area contributed by atoms with E-state index in [1.54, 1.807) is 27.7 Å². The van der Waals surface area contributed by atoms with Gasteiger partial charge in [0, 0.05) is 39.5 Å². The second kappa shape index (κ2) is 15.7. The number of cyclic esters (lactones) is 1. The molecule has 5 amide bonds. The molecule has 0 aromatic rings. The number of aliphatic hydroxyl groups is 1. The van der Waals surface area contributed by atoms with Crippen LogP contribution in [0, 0.1) is 17.8 Å². The van der Waals surface area contributed by atoms with Gasteiger partial charge >= 0.3 is 5.97 Å². The van der Waals surface area contributed by atoms with Crippen molar-refractivity contribution in [2.45, 2.75) is 97.2 Å². The van der Waals surface area contributed by atoms with Gasteiger partial charge in [-0.05, 0) is 31.1 Å². The number of carbonyl (C=O) groups excluding carboxylic acids is 6. The van der Waals surface area contributed by atoms with E-state index in [1.165, 1.54) is 35.7 Å². The van der Waals surface area contributed by atoms with Gasteiger partial charge in [0.25, 0.3) is 5.91 Å². The lowest BCUT2D eigenvalue weighted by atomic mass is 9.96. The van der Waals surface area contributed by atoms with Crippen LogP contribution in [0.5, 0.6) is 0 Å². The molecule has 244 valence electrons. The van der Waals surface area contributed by atoms with E-state index >= 15 is 0 Å². The van der Waals surface area contributed by atoms with Gasteiger partial charge in [0.1, 0.15) is 24.2 Å². The van der Waals surface area contributed by atoms with Crippen molar-refractivity contribution in [1.82, 2.24) is 25.3 Å². The molecule has 3 N–H and O–H groups in total. The monoisotopic (exact) mass is 629 g/mol. The van der Waals surface area contributed by atoms with E-state index in [1.807, 2.05) is 6.92 Å². The van der Waals surface area contributed by atoms with Crippen molar-refractivity contribution in [3.05, 3.63) is 0 Å². The molecule has 2 saturated heterocycles. The molecule has 2 fully saturated rings. The summed E-state index contributed by atoms with van der Waals surface area (Å²) in [4.78, 5) is 84.4. The average molecular weight is 630 g/mol. The maximum Gasteiger partial charge on any atom is 0.308 e.